The number of benzene rings is 1. The number of rotatable bonds is 2. The smallest absolute Gasteiger partial charge is 0.258 e. The van der Waals surface area contributed by atoms with Gasteiger partial charge in [0, 0.05) is 17.4 Å². The highest BCUT2D eigenvalue weighted by atomic mass is 16.2. The van der Waals surface area contributed by atoms with E-state index in [-0.39, 0.29) is 12.5 Å². The lowest BCUT2D eigenvalue weighted by molar-refractivity contribution is 0.102. The minimum absolute atomic E-state index is 0.189. The number of aromatic amines is 1. The fraction of sp³-hybridized carbons (Fsp3) is 0.143. The Hall–Kier alpha value is -2.58. The number of carbonyl (C=O) groups is 1. The number of hydrogen-bond donors (Lipinski definition) is 3. The van der Waals surface area contributed by atoms with E-state index in [1.54, 1.807) is 12.1 Å². The van der Waals surface area contributed by atoms with Crippen molar-refractivity contribution in [3.63, 3.8) is 0 Å². The second kappa shape index (κ2) is 5.85. The summed E-state index contributed by atoms with van der Waals surface area (Å²) in [6.45, 7) is 1.73. The van der Waals surface area contributed by atoms with Crippen LogP contribution in [0.2, 0.25) is 0 Å². The van der Waals surface area contributed by atoms with Crippen LogP contribution < -0.4 is 5.32 Å². The molecule has 0 radical (unpaired) electrons. The molecule has 0 bridgehead atoms. The number of aryl methyl sites for hydroxylation is 1. The van der Waals surface area contributed by atoms with Crippen molar-refractivity contribution in [3.05, 3.63) is 47.3 Å². The van der Waals surface area contributed by atoms with Gasteiger partial charge in [-0.05, 0) is 24.6 Å². The molecule has 19 heavy (non-hydrogen) atoms. The Labute approximate surface area is 110 Å². The molecule has 0 saturated carbocycles. The maximum Gasteiger partial charge on any atom is 0.258 e. The molecule has 1 aromatic heterocycles. The predicted molar refractivity (Wildman–Crippen MR) is 71.7 cm³/mol. The quantitative estimate of drug-likeness (QED) is 0.708. The number of aliphatic hydroxyl groups is 1. The van der Waals surface area contributed by atoms with Gasteiger partial charge in [-0.2, -0.15) is 5.10 Å². The Morgan fingerprint density at radius 1 is 1.53 bits per heavy atom. The van der Waals surface area contributed by atoms with E-state index in [1.165, 1.54) is 12.4 Å². The second-order valence-electron chi connectivity index (χ2n) is 3.93. The van der Waals surface area contributed by atoms with Gasteiger partial charge in [-0.15, -0.1) is 0 Å². The number of carbonyl (C=O) groups excluding carboxylic acids is 1. The van der Waals surface area contributed by atoms with Gasteiger partial charge in [0.05, 0.1) is 11.8 Å². The van der Waals surface area contributed by atoms with Gasteiger partial charge in [0.25, 0.3) is 5.91 Å². The molecule has 0 unspecified atom stereocenters. The van der Waals surface area contributed by atoms with E-state index in [0.717, 1.165) is 11.1 Å². The lowest BCUT2D eigenvalue weighted by atomic mass is 10.1. The van der Waals surface area contributed by atoms with Crippen LogP contribution in [0.1, 0.15) is 21.5 Å². The fourth-order valence-electron chi connectivity index (χ4n) is 1.55. The van der Waals surface area contributed by atoms with E-state index in [2.05, 4.69) is 27.4 Å². The van der Waals surface area contributed by atoms with E-state index >= 15 is 0 Å². The summed E-state index contributed by atoms with van der Waals surface area (Å²) in [5.74, 6) is 5.20. The van der Waals surface area contributed by atoms with Crippen LogP contribution in [0.4, 0.5) is 5.69 Å². The Balaban J connectivity index is 2.19. The average Bonchev–Trinajstić information content (AvgIpc) is 2.93. The van der Waals surface area contributed by atoms with E-state index in [9.17, 15) is 4.79 Å². The molecule has 0 saturated heterocycles. The summed E-state index contributed by atoms with van der Waals surface area (Å²) in [7, 11) is 0. The largest absolute Gasteiger partial charge is 0.384 e. The third-order valence-electron chi connectivity index (χ3n) is 2.56. The number of aliphatic hydroxyl groups excluding tert-OH is 1. The molecular weight excluding hydrogens is 242 g/mol. The van der Waals surface area contributed by atoms with Gasteiger partial charge in [0.15, 0.2) is 0 Å². The Kier molecular flexibility index (Phi) is 3.96. The standard InChI is InChI=1S/C14H13N3O2/c1-10-4-5-13(7-11(10)3-2-6-18)17-14(19)12-8-15-16-9-12/h4-5,7-9,18H,6H2,1H3,(H,15,16)(H,17,19). The molecule has 0 aliphatic heterocycles. The minimum Gasteiger partial charge on any atom is -0.384 e. The van der Waals surface area contributed by atoms with E-state index in [1.807, 2.05) is 13.0 Å². The SMILES string of the molecule is Cc1ccc(NC(=O)c2cn[nH]c2)cc1C#CCO. The summed E-state index contributed by atoms with van der Waals surface area (Å²) in [6.07, 6.45) is 2.98. The van der Waals surface area contributed by atoms with Gasteiger partial charge in [-0.1, -0.05) is 17.9 Å². The van der Waals surface area contributed by atoms with E-state index < -0.39 is 0 Å². The molecule has 0 aliphatic carbocycles. The number of H-pyrrole nitrogens is 1. The summed E-state index contributed by atoms with van der Waals surface area (Å²) < 4.78 is 0. The monoisotopic (exact) mass is 255 g/mol. The zero-order chi connectivity index (χ0) is 13.7. The van der Waals surface area contributed by atoms with Gasteiger partial charge in [-0.25, -0.2) is 0 Å². The van der Waals surface area contributed by atoms with Crippen LogP contribution in [-0.2, 0) is 0 Å². The highest BCUT2D eigenvalue weighted by molar-refractivity contribution is 6.03. The maximum atomic E-state index is 11.8. The lowest BCUT2D eigenvalue weighted by Gasteiger charge is -2.06. The zero-order valence-electron chi connectivity index (χ0n) is 10.4. The highest BCUT2D eigenvalue weighted by Gasteiger charge is 2.07. The molecule has 1 heterocycles. The van der Waals surface area contributed by atoms with Crippen LogP contribution in [-0.4, -0.2) is 27.8 Å². The minimum atomic E-state index is -0.237. The van der Waals surface area contributed by atoms with Crippen molar-refractivity contribution in [3.8, 4) is 11.8 Å². The number of hydrogen-bond acceptors (Lipinski definition) is 3. The number of aromatic nitrogens is 2. The van der Waals surface area contributed by atoms with Crippen molar-refractivity contribution in [2.75, 3.05) is 11.9 Å². The van der Waals surface area contributed by atoms with Crippen LogP contribution in [0.5, 0.6) is 0 Å². The van der Waals surface area contributed by atoms with Crippen molar-refractivity contribution >= 4 is 11.6 Å². The fourth-order valence-corrected chi connectivity index (χ4v) is 1.55. The Morgan fingerprint density at radius 2 is 2.37 bits per heavy atom. The first kappa shape index (κ1) is 12.9. The number of anilines is 1. The van der Waals surface area contributed by atoms with Crippen LogP contribution in [0.25, 0.3) is 0 Å². The zero-order valence-corrected chi connectivity index (χ0v) is 10.4. The first-order chi connectivity index (χ1) is 9.20. The molecule has 0 atom stereocenters. The third kappa shape index (κ3) is 3.21. The van der Waals surface area contributed by atoms with Gasteiger partial charge in [0.1, 0.15) is 6.61 Å². The summed E-state index contributed by atoms with van der Waals surface area (Å²) in [6, 6.07) is 5.44. The van der Waals surface area contributed by atoms with E-state index in [0.29, 0.717) is 11.3 Å². The summed E-state index contributed by atoms with van der Waals surface area (Å²) in [5.41, 5.74) is 2.88. The molecule has 5 heteroatoms. The summed E-state index contributed by atoms with van der Waals surface area (Å²) in [5, 5.41) is 17.8. The molecule has 0 aliphatic rings. The normalized spacial score (nSPS) is 9.58. The third-order valence-corrected chi connectivity index (χ3v) is 2.56. The van der Waals surface area contributed by atoms with Crippen molar-refractivity contribution in [2.45, 2.75) is 6.92 Å². The van der Waals surface area contributed by atoms with Gasteiger partial charge in [0.2, 0.25) is 0 Å². The Morgan fingerprint density at radius 3 is 3.05 bits per heavy atom. The Bertz CT molecular complexity index is 636. The van der Waals surface area contributed by atoms with Gasteiger partial charge >= 0.3 is 0 Å². The van der Waals surface area contributed by atoms with Crippen molar-refractivity contribution in [2.24, 2.45) is 0 Å². The van der Waals surface area contributed by atoms with Gasteiger partial charge < -0.3 is 10.4 Å². The lowest BCUT2D eigenvalue weighted by Crippen LogP contribution is -2.11. The molecule has 5 nitrogen and oxygen atoms in total. The molecule has 3 N–H and O–H groups in total. The molecule has 1 amide bonds. The topological polar surface area (TPSA) is 78.0 Å². The molecule has 0 spiro atoms. The molecular formula is C14H13N3O2. The predicted octanol–water partition coefficient (Wildman–Crippen LogP) is 1.31. The highest BCUT2D eigenvalue weighted by Crippen LogP contribution is 2.15. The van der Waals surface area contributed by atoms with Gasteiger partial charge in [-0.3, -0.25) is 9.89 Å². The van der Waals surface area contributed by atoms with Crippen LogP contribution in [0.3, 0.4) is 0 Å². The van der Waals surface area contributed by atoms with Crippen molar-refractivity contribution in [1.29, 1.82) is 0 Å². The summed E-state index contributed by atoms with van der Waals surface area (Å²) >= 11 is 0. The second-order valence-corrected chi connectivity index (χ2v) is 3.93. The van der Waals surface area contributed by atoms with E-state index in [4.69, 9.17) is 5.11 Å². The number of amides is 1. The van der Waals surface area contributed by atoms with Crippen molar-refractivity contribution in [1.82, 2.24) is 10.2 Å². The first-order valence-electron chi connectivity index (χ1n) is 5.71. The number of nitrogens with one attached hydrogen (secondary N) is 2. The average molecular weight is 255 g/mol. The van der Waals surface area contributed by atoms with Crippen molar-refractivity contribution < 1.29 is 9.90 Å². The van der Waals surface area contributed by atoms with Crippen LogP contribution in [0, 0.1) is 18.8 Å². The maximum absolute atomic E-state index is 11.8. The summed E-state index contributed by atoms with van der Waals surface area (Å²) in [4.78, 5) is 11.8. The molecule has 2 rings (SSSR count). The molecule has 0 fully saturated rings. The molecule has 96 valence electrons. The van der Waals surface area contributed by atoms with Crippen LogP contribution in [0.15, 0.2) is 30.6 Å². The number of nitrogens with zero attached hydrogens (tertiary/aromatic N) is 1. The molecule has 2 aromatic rings. The van der Waals surface area contributed by atoms with Crippen LogP contribution >= 0.6 is 0 Å². The first-order valence-corrected chi connectivity index (χ1v) is 5.71. The molecule has 1 aromatic carbocycles.